The Hall–Kier alpha value is -3.20. The molecule has 3 rings (SSSR count). The molecule has 0 fully saturated rings. The Bertz CT molecular complexity index is 1020. The van der Waals surface area contributed by atoms with E-state index in [-0.39, 0.29) is 17.3 Å². The highest BCUT2D eigenvalue weighted by molar-refractivity contribution is 7.90. The molecule has 0 saturated carbocycles. The summed E-state index contributed by atoms with van der Waals surface area (Å²) >= 11 is 0. The molecule has 8 nitrogen and oxygen atoms in total. The monoisotopic (exact) mass is 387 g/mol. The number of nitrogens with one attached hydrogen (secondary N) is 2. The minimum atomic E-state index is -3.93. The van der Waals surface area contributed by atoms with Gasteiger partial charge >= 0.3 is 0 Å². The molecule has 3 amide bonds. The number of sulfonamides is 1. The van der Waals surface area contributed by atoms with Crippen LogP contribution in [0.3, 0.4) is 0 Å². The third kappa shape index (κ3) is 4.14. The van der Waals surface area contributed by atoms with Crippen LogP contribution in [0, 0.1) is 0 Å². The largest absolute Gasteiger partial charge is 0.325 e. The van der Waals surface area contributed by atoms with Gasteiger partial charge in [0.2, 0.25) is 11.8 Å². The summed E-state index contributed by atoms with van der Waals surface area (Å²) in [6.45, 7) is 1.36. The van der Waals surface area contributed by atoms with E-state index in [0.29, 0.717) is 17.8 Å². The molecule has 2 N–H and O–H groups in total. The number of rotatable bonds is 5. The quantitative estimate of drug-likeness (QED) is 0.798. The molecule has 0 aromatic heterocycles. The molecule has 0 bridgehead atoms. The molecule has 0 spiro atoms. The summed E-state index contributed by atoms with van der Waals surface area (Å²) in [5.74, 6) is -1.28. The van der Waals surface area contributed by atoms with Gasteiger partial charge in [-0.25, -0.2) is 13.1 Å². The third-order valence-electron chi connectivity index (χ3n) is 3.96. The lowest BCUT2D eigenvalue weighted by molar-refractivity contribution is -0.117. The summed E-state index contributed by atoms with van der Waals surface area (Å²) in [7, 11) is -3.93. The summed E-state index contributed by atoms with van der Waals surface area (Å²) in [6, 6.07) is 12.6. The smallest absolute Gasteiger partial charge is 0.264 e. The Balaban J connectivity index is 1.62. The Kier molecular flexibility index (Phi) is 4.95. The van der Waals surface area contributed by atoms with Gasteiger partial charge in [-0.15, -0.1) is 0 Å². The van der Waals surface area contributed by atoms with Crippen LogP contribution in [0.15, 0.2) is 53.4 Å². The highest BCUT2D eigenvalue weighted by atomic mass is 32.2. The first-order chi connectivity index (χ1) is 12.8. The average Bonchev–Trinajstić information content (AvgIpc) is 2.90. The minimum Gasteiger partial charge on any atom is -0.325 e. The molecule has 1 aliphatic rings. The van der Waals surface area contributed by atoms with Gasteiger partial charge in [-0.2, -0.15) is 0 Å². The third-order valence-corrected chi connectivity index (χ3v) is 5.41. The van der Waals surface area contributed by atoms with Crippen LogP contribution in [0.2, 0.25) is 0 Å². The number of hydrogen-bond acceptors (Lipinski definition) is 5. The normalized spacial score (nSPS) is 13.2. The lowest BCUT2D eigenvalue weighted by Gasteiger charge is -2.15. The summed E-state index contributed by atoms with van der Waals surface area (Å²) < 4.78 is 25.6. The van der Waals surface area contributed by atoms with Gasteiger partial charge in [0, 0.05) is 24.7 Å². The fourth-order valence-electron chi connectivity index (χ4n) is 2.78. The number of carbonyl (C=O) groups is 3. The van der Waals surface area contributed by atoms with Gasteiger partial charge in [0.15, 0.2) is 0 Å². The summed E-state index contributed by atoms with van der Waals surface area (Å²) in [5.41, 5.74) is 1.85. The van der Waals surface area contributed by atoms with Crippen LogP contribution >= 0.6 is 0 Å². The maximum Gasteiger partial charge on any atom is 0.264 e. The van der Waals surface area contributed by atoms with Gasteiger partial charge in [0.25, 0.3) is 15.9 Å². The van der Waals surface area contributed by atoms with E-state index in [4.69, 9.17) is 0 Å². The highest BCUT2D eigenvalue weighted by Gasteiger charge is 2.28. The van der Waals surface area contributed by atoms with Crippen LogP contribution in [0.1, 0.15) is 22.8 Å². The molecule has 27 heavy (non-hydrogen) atoms. The first-order valence-corrected chi connectivity index (χ1v) is 9.55. The van der Waals surface area contributed by atoms with E-state index in [2.05, 4.69) is 5.32 Å². The van der Waals surface area contributed by atoms with E-state index in [1.807, 2.05) is 16.9 Å². The first kappa shape index (κ1) is 18.6. The zero-order valence-electron chi connectivity index (χ0n) is 14.4. The second-order valence-corrected chi connectivity index (χ2v) is 7.74. The van der Waals surface area contributed by atoms with Crippen molar-refractivity contribution in [3.63, 3.8) is 0 Å². The van der Waals surface area contributed by atoms with Gasteiger partial charge in [0.1, 0.15) is 6.54 Å². The van der Waals surface area contributed by atoms with Gasteiger partial charge in [-0.05, 0) is 35.9 Å². The van der Waals surface area contributed by atoms with E-state index in [9.17, 15) is 22.8 Å². The van der Waals surface area contributed by atoms with Crippen LogP contribution in [0.5, 0.6) is 0 Å². The van der Waals surface area contributed by atoms with Crippen molar-refractivity contribution in [2.75, 3.05) is 11.9 Å². The Morgan fingerprint density at radius 1 is 1.07 bits per heavy atom. The van der Waals surface area contributed by atoms with E-state index >= 15 is 0 Å². The number of benzene rings is 2. The summed E-state index contributed by atoms with van der Waals surface area (Å²) in [6.07, 6.45) is 0. The van der Waals surface area contributed by atoms with Crippen LogP contribution in [0.25, 0.3) is 0 Å². The molecular formula is C18H17N3O5S. The molecule has 2 aromatic rings. The predicted octanol–water partition coefficient (Wildman–Crippen LogP) is 1.11. The van der Waals surface area contributed by atoms with Crippen LogP contribution in [-0.4, -0.2) is 37.6 Å². The second kappa shape index (κ2) is 7.20. The molecule has 0 saturated heterocycles. The number of anilines is 1. The first-order valence-electron chi connectivity index (χ1n) is 8.07. The number of fused-ring (bicyclic) bond motifs is 1. The van der Waals surface area contributed by atoms with Crippen LogP contribution < -0.4 is 10.0 Å². The van der Waals surface area contributed by atoms with Crippen molar-refractivity contribution < 1.29 is 22.8 Å². The fourth-order valence-corrected chi connectivity index (χ4v) is 3.77. The number of nitrogens with zero attached hydrogens (tertiary/aromatic N) is 1. The zero-order valence-corrected chi connectivity index (χ0v) is 15.2. The maximum atomic E-state index is 12.3. The van der Waals surface area contributed by atoms with Crippen molar-refractivity contribution in [1.29, 1.82) is 0 Å². The van der Waals surface area contributed by atoms with Gasteiger partial charge in [0.05, 0.1) is 4.90 Å². The van der Waals surface area contributed by atoms with Gasteiger partial charge in [-0.3, -0.25) is 14.4 Å². The minimum absolute atomic E-state index is 0.0964. The number of carbonyl (C=O) groups excluding carboxylic acids is 3. The molecule has 0 radical (unpaired) electrons. The molecule has 0 atom stereocenters. The van der Waals surface area contributed by atoms with Crippen molar-refractivity contribution in [1.82, 2.24) is 9.62 Å². The van der Waals surface area contributed by atoms with Crippen molar-refractivity contribution in [2.24, 2.45) is 0 Å². The van der Waals surface area contributed by atoms with E-state index in [0.717, 1.165) is 12.5 Å². The fraction of sp³-hybridized carbons (Fsp3) is 0.167. The Morgan fingerprint density at radius 3 is 2.37 bits per heavy atom. The molecule has 140 valence electrons. The molecular weight excluding hydrogens is 370 g/mol. The molecule has 2 aromatic carbocycles. The Labute approximate surface area is 156 Å². The molecule has 0 unspecified atom stereocenters. The molecule has 9 heteroatoms. The van der Waals surface area contributed by atoms with Crippen molar-refractivity contribution >= 4 is 33.4 Å². The van der Waals surface area contributed by atoms with Crippen molar-refractivity contribution in [2.45, 2.75) is 18.4 Å². The predicted molar refractivity (Wildman–Crippen MR) is 97.3 cm³/mol. The van der Waals surface area contributed by atoms with Crippen molar-refractivity contribution in [3.05, 3.63) is 59.7 Å². The topological polar surface area (TPSA) is 113 Å². The molecule has 0 aliphatic carbocycles. The Morgan fingerprint density at radius 2 is 1.74 bits per heavy atom. The van der Waals surface area contributed by atoms with Crippen LogP contribution in [-0.2, 0) is 26.2 Å². The van der Waals surface area contributed by atoms with Gasteiger partial charge in [-0.1, -0.05) is 18.2 Å². The maximum absolute atomic E-state index is 12.3. The number of amides is 3. The summed E-state index contributed by atoms with van der Waals surface area (Å²) in [5, 5.41) is 2.62. The lowest BCUT2D eigenvalue weighted by Crippen LogP contribution is -2.33. The van der Waals surface area contributed by atoms with Crippen molar-refractivity contribution in [3.8, 4) is 0 Å². The zero-order chi connectivity index (χ0) is 19.6. The average molecular weight is 387 g/mol. The van der Waals surface area contributed by atoms with Gasteiger partial charge < -0.3 is 10.2 Å². The SMILES string of the molecule is CC(=O)NS(=O)(=O)c1ccc(NC(=O)CN2Cc3ccccc3C2=O)cc1. The highest BCUT2D eigenvalue weighted by Crippen LogP contribution is 2.22. The van der Waals surface area contributed by atoms with E-state index in [1.54, 1.807) is 12.1 Å². The second-order valence-electron chi connectivity index (χ2n) is 6.05. The standard InChI is InChI=1S/C18H17N3O5S/c1-12(22)20-27(25,26)15-8-6-14(7-9-15)19-17(23)11-21-10-13-4-2-3-5-16(13)18(21)24/h2-9H,10-11H2,1H3,(H,19,23)(H,20,22). The molecule has 1 aliphatic heterocycles. The van der Waals surface area contributed by atoms with Crippen LogP contribution in [0.4, 0.5) is 5.69 Å². The summed E-state index contributed by atoms with van der Waals surface area (Å²) in [4.78, 5) is 36.8. The molecule has 1 heterocycles. The lowest BCUT2D eigenvalue weighted by atomic mass is 10.1. The van der Waals surface area contributed by atoms with E-state index in [1.165, 1.54) is 29.2 Å². The number of hydrogen-bond donors (Lipinski definition) is 2. The van der Waals surface area contributed by atoms with E-state index < -0.39 is 21.8 Å².